The monoisotopic (exact) mass is 287 g/mol. The number of nitrogens with zero attached hydrogens (tertiary/aromatic N) is 2. The molecule has 0 saturated heterocycles. The third-order valence-electron chi connectivity index (χ3n) is 2.95. The van der Waals surface area contributed by atoms with Crippen molar-refractivity contribution < 1.29 is 9.47 Å². The van der Waals surface area contributed by atoms with Gasteiger partial charge in [0.05, 0.1) is 18.5 Å². The average molecular weight is 287 g/mol. The van der Waals surface area contributed by atoms with Gasteiger partial charge in [0.1, 0.15) is 12.4 Å². The van der Waals surface area contributed by atoms with Crippen LogP contribution in [0.25, 0.3) is 0 Å². The number of aryl methyl sites for hydroxylation is 1. The van der Waals surface area contributed by atoms with Gasteiger partial charge in [-0.1, -0.05) is 6.07 Å². The van der Waals surface area contributed by atoms with E-state index in [1.54, 1.807) is 13.2 Å². The van der Waals surface area contributed by atoms with Crippen molar-refractivity contribution in [3.63, 3.8) is 0 Å². The fourth-order valence-corrected chi connectivity index (χ4v) is 1.98. The summed E-state index contributed by atoms with van der Waals surface area (Å²) in [5.74, 6) is 1.33. The van der Waals surface area contributed by atoms with Gasteiger partial charge in [-0.15, -0.1) is 0 Å². The summed E-state index contributed by atoms with van der Waals surface area (Å²) in [7, 11) is 1.59. The quantitative estimate of drug-likeness (QED) is 0.882. The summed E-state index contributed by atoms with van der Waals surface area (Å²) in [5.41, 5.74) is 8.51. The van der Waals surface area contributed by atoms with Crippen LogP contribution in [0.2, 0.25) is 0 Å². The Morgan fingerprint density at radius 1 is 1.19 bits per heavy atom. The van der Waals surface area contributed by atoms with Crippen LogP contribution >= 0.6 is 0 Å². The van der Waals surface area contributed by atoms with E-state index in [0.29, 0.717) is 18.9 Å². The van der Waals surface area contributed by atoms with Gasteiger partial charge < -0.3 is 15.2 Å². The van der Waals surface area contributed by atoms with E-state index in [9.17, 15) is 0 Å². The molecule has 21 heavy (non-hydrogen) atoms. The average Bonchev–Trinajstić information content (AvgIpc) is 2.46. The SMILES string of the molecule is COc1cccc(COc2ccc(C)nc2CC(C)N)n1. The van der Waals surface area contributed by atoms with Gasteiger partial charge in [0.25, 0.3) is 0 Å². The van der Waals surface area contributed by atoms with Crippen molar-refractivity contribution in [3.8, 4) is 11.6 Å². The zero-order chi connectivity index (χ0) is 15.2. The molecule has 5 heteroatoms. The molecule has 0 aliphatic heterocycles. The highest BCUT2D eigenvalue weighted by molar-refractivity contribution is 5.30. The van der Waals surface area contributed by atoms with Crippen molar-refractivity contribution in [1.29, 1.82) is 0 Å². The molecule has 112 valence electrons. The molecule has 0 saturated carbocycles. The molecule has 0 aliphatic carbocycles. The van der Waals surface area contributed by atoms with Crippen LogP contribution in [0.1, 0.15) is 24.0 Å². The van der Waals surface area contributed by atoms with Gasteiger partial charge in [-0.05, 0) is 32.0 Å². The standard InChI is InChI=1S/C16H21N3O2/c1-11(17)9-14-15(8-7-12(2)18-14)21-10-13-5-4-6-16(19-13)20-3/h4-8,11H,9-10,17H2,1-3H3. The van der Waals surface area contributed by atoms with E-state index in [-0.39, 0.29) is 6.04 Å². The van der Waals surface area contributed by atoms with Gasteiger partial charge >= 0.3 is 0 Å². The van der Waals surface area contributed by atoms with Crippen LogP contribution < -0.4 is 15.2 Å². The maximum atomic E-state index is 5.86. The van der Waals surface area contributed by atoms with Crippen molar-refractivity contribution in [2.45, 2.75) is 32.9 Å². The van der Waals surface area contributed by atoms with E-state index < -0.39 is 0 Å². The fourth-order valence-electron chi connectivity index (χ4n) is 1.98. The number of aromatic nitrogens is 2. The molecular weight excluding hydrogens is 266 g/mol. The summed E-state index contributed by atoms with van der Waals surface area (Å²) in [6.45, 7) is 4.28. The minimum Gasteiger partial charge on any atom is -0.485 e. The van der Waals surface area contributed by atoms with E-state index >= 15 is 0 Å². The second-order valence-electron chi connectivity index (χ2n) is 5.04. The van der Waals surface area contributed by atoms with E-state index in [0.717, 1.165) is 22.8 Å². The predicted molar refractivity (Wildman–Crippen MR) is 81.4 cm³/mol. The van der Waals surface area contributed by atoms with Gasteiger partial charge in [-0.2, -0.15) is 0 Å². The van der Waals surface area contributed by atoms with Gasteiger partial charge in [0.2, 0.25) is 5.88 Å². The van der Waals surface area contributed by atoms with Gasteiger partial charge in [0.15, 0.2) is 0 Å². The van der Waals surface area contributed by atoms with E-state index in [1.165, 1.54) is 0 Å². The van der Waals surface area contributed by atoms with Crippen LogP contribution in [0, 0.1) is 6.92 Å². The highest BCUT2D eigenvalue weighted by Gasteiger charge is 2.09. The van der Waals surface area contributed by atoms with Crippen molar-refractivity contribution in [3.05, 3.63) is 47.4 Å². The van der Waals surface area contributed by atoms with Crippen molar-refractivity contribution in [1.82, 2.24) is 9.97 Å². The Labute approximate surface area is 125 Å². The summed E-state index contributed by atoms with van der Waals surface area (Å²) >= 11 is 0. The molecule has 0 fully saturated rings. The second kappa shape index (κ2) is 7.04. The number of ether oxygens (including phenoxy) is 2. The van der Waals surface area contributed by atoms with Crippen molar-refractivity contribution >= 4 is 0 Å². The summed E-state index contributed by atoms with van der Waals surface area (Å²) < 4.78 is 10.9. The predicted octanol–water partition coefficient (Wildman–Crippen LogP) is 2.26. The lowest BCUT2D eigenvalue weighted by Crippen LogP contribution is -2.19. The highest BCUT2D eigenvalue weighted by Crippen LogP contribution is 2.20. The molecule has 0 radical (unpaired) electrons. The molecule has 5 nitrogen and oxygen atoms in total. The number of pyridine rings is 2. The minimum atomic E-state index is 0.0385. The molecule has 2 aromatic rings. The molecule has 0 amide bonds. The second-order valence-corrected chi connectivity index (χ2v) is 5.04. The normalized spacial score (nSPS) is 12.0. The molecule has 2 heterocycles. The summed E-state index contributed by atoms with van der Waals surface area (Å²) in [6.07, 6.45) is 0.683. The Bertz CT molecular complexity index is 600. The maximum absolute atomic E-state index is 5.86. The van der Waals surface area contributed by atoms with E-state index in [1.807, 2.05) is 38.1 Å². The molecule has 2 rings (SSSR count). The lowest BCUT2D eigenvalue weighted by atomic mass is 10.1. The molecular formula is C16H21N3O2. The zero-order valence-electron chi connectivity index (χ0n) is 12.7. The van der Waals surface area contributed by atoms with Crippen LogP contribution in [0.4, 0.5) is 0 Å². The van der Waals surface area contributed by atoms with Crippen LogP contribution in [0.5, 0.6) is 11.6 Å². The van der Waals surface area contributed by atoms with Crippen molar-refractivity contribution in [2.24, 2.45) is 5.73 Å². The Morgan fingerprint density at radius 2 is 2.00 bits per heavy atom. The number of hydrogen-bond acceptors (Lipinski definition) is 5. The third-order valence-corrected chi connectivity index (χ3v) is 2.95. The van der Waals surface area contributed by atoms with E-state index in [2.05, 4.69) is 9.97 Å². The number of nitrogens with two attached hydrogens (primary N) is 1. The molecule has 2 N–H and O–H groups in total. The Balaban J connectivity index is 2.11. The fraction of sp³-hybridized carbons (Fsp3) is 0.375. The van der Waals surface area contributed by atoms with Crippen LogP contribution in [-0.2, 0) is 13.0 Å². The molecule has 1 atom stereocenters. The number of rotatable bonds is 6. The molecule has 2 aromatic heterocycles. The first kappa shape index (κ1) is 15.3. The summed E-state index contributed by atoms with van der Waals surface area (Å²) in [5, 5.41) is 0. The number of hydrogen-bond donors (Lipinski definition) is 1. The Morgan fingerprint density at radius 3 is 2.71 bits per heavy atom. The van der Waals surface area contributed by atoms with Gasteiger partial charge in [0, 0.05) is 24.2 Å². The van der Waals surface area contributed by atoms with Gasteiger partial charge in [-0.25, -0.2) is 4.98 Å². The number of methoxy groups -OCH3 is 1. The minimum absolute atomic E-state index is 0.0385. The maximum Gasteiger partial charge on any atom is 0.213 e. The smallest absolute Gasteiger partial charge is 0.213 e. The lowest BCUT2D eigenvalue weighted by Gasteiger charge is -2.13. The van der Waals surface area contributed by atoms with Crippen LogP contribution in [0.15, 0.2) is 30.3 Å². The molecule has 0 spiro atoms. The van der Waals surface area contributed by atoms with Crippen molar-refractivity contribution in [2.75, 3.05) is 7.11 Å². The lowest BCUT2D eigenvalue weighted by molar-refractivity contribution is 0.292. The zero-order valence-corrected chi connectivity index (χ0v) is 12.7. The highest BCUT2D eigenvalue weighted by atomic mass is 16.5. The molecule has 0 aliphatic rings. The Hall–Kier alpha value is -2.14. The van der Waals surface area contributed by atoms with Crippen LogP contribution in [0.3, 0.4) is 0 Å². The van der Waals surface area contributed by atoms with E-state index in [4.69, 9.17) is 15.2 Å². The largest absolute Gasteiger partial charge is 0.485 e. The topological polar surface area (TPSA) is 70.3 Å². The Kier molecular flexibility index (Phi) is 5.11. The summed E-state index contributed by atoms with van der Waals surface area (Å²) in [6, 6.07) is 9.49. The first-order valence-electron chi connectivity index (χ1n) is 6.93. The first-order valence-corrected chi connectivity index (χ1v) is 6.93. The molecule has 1 unspecified atom stereocenters. The summed E-state index contributed by atoms with van der Waals surface area (Å²) in [4.78, 5) is 8.83. The van der Waals surface area contributed by atoms with Gasteiger partial charge in [-0.3, -0.25) is 4.98 Å². The molecule has 0 aromatic carbocycles. The first-order chi connectivity index (χ1) is 10.1. The third kappa shape index (κ3) is 4.43. The molecule has 0 bridgehead atoms. The van der Waals surface area contributed by atoms with Crippen LogP contribution in [-0.4, -0.2) is 23.1 Å².